The molecule has 0 spiro atoms. The molecule has 2 aromatic heterocycles. The van der Waals surface area contributed by atoms with Crippen LogP contribution in [0.4, 0.5) is 0 Å². The highest BCUT2D eigenvalue weighted by atomic mass is 16.1. The fraction of sp³-hybridized carbons (Fsp3) is 0. The van der Waals surface area contributed by atoms with Crippen LogP contribution >= 0.6 is 0 Å². The van der Waals surface area contributed by atoms with E-state index in [0.29, 0.717) is 11.2 Å². The Hall–Kier alpha value is -2.94. The largest absolute Gasteiger partial charge is 0.268 e. The SMILES string of the molecule is O=c1c2ccccc2c2ccccc2n1-c1ccccn1. The molecule has 0 radical (unpaired) electrons. The standard InChI is InChI=1S/C18H12N2O/c21-18-15-9-2-1-7-13(15)14-8-3-4-10-16(14)20(18)17-11-5-6-12-19-17/h1-12H. The maximum Gasteiger partial charge on any atom is 0.264 e. The molecular weight excluding hydrogens is 260 g/mol. The van der Waals surface area contributed by atoms with E-state index in [1.807, 2.05) is 66.7 Å². The molecule has 100 valence electrons. The van der Waals surface area contributed by atoms with Crippen molar-refractivity contribution in [1.82, 2.24) is 9.55 Å². The fourth-order valence-electron chi connectivity index (χ4n) is 2.74. The van der Waals surface area contributed by atoms with E-state index in [4.69, 9.17) is 0 Å². The number of pyridine rings is 2. The van der Waals surface area contributed by atoms with Crippen LogP contribution in [0.15, 0.2) is 77.7 Å². The molecule has 4 rings (SSSR count). The van der Waals surface area contributed by atoms with Gasteiger partial charge in [-0.15, -0.1) is 0 Å². The van der Waals surface area contributed by atoms with Gasteiger partial charge in [0.15, 0.2) is 0 Å². The summed E-state index contributed by atoms with van der Waals surface area (Å²) in [5.41, 5.74) is 0.836. The lowest BCUT2D eigenvalue weighted by Gasteiger charge is -2.12. The van der Waals surface area contributed by atoms with Gasteiger partial charge in [0.05, 0.1) is 5.52 Å². The van der Waals surface area contributed by atoms with Crippen molar-refractivity contribution >= 4 is 21.7 Å². The molecule has 2 heterocycles. The zero-order valence-electron chi connectivity index (χ0n) is 11.2. The van der Waals surface area contributed by atoms with Crippen LogP contribution in [0, 0.1) is 0 Å². The van der Waals surface area contributed by atoms with E-state index in [0.717, 1.165) is 16.3 Å². The molecule has 0 aliphatic rings. The third-order valence-corrected chi connectivity index (χ3v) is 3.67. The Bertz CT molecular complexity index is 1000. The van der Waals surface area contributed by atoms with Crippen molar-refractivity contribution in [2.75, 3.05) is 0 Å². The Morgan fingerprint density at radius 1 is 0.714 bits per heavy atom. The third-order valence-electron chi connectivity index (χ3n) is 3.67. The molecule has 0 amide bonds. The minimum Gasteiger partial charge on any atom is -0.268 e. The molecular formula is C18H12N2O. The molecule has 0 aliphatic heterocycles. The van der Waals surface area contributed by atoms with Gasteiger partial charge in [-0.2, -0.15) is 0 Å². The Labute approximate surface area is 121 Å². The predicted molar refractivity (Wildman–Crippen MR) is 84.8 cm³/mol. The van der Waals surface area contributed by atoms with Crippen LogP contribution < -0.4 is 5.56 Å². The number of para-hydroxylation sites is 1. The minimum absolute atomic E-state index is 0.0389. The lowest BCUT2D eigenvalue weighted by atomic mass is 10.1. The summed E-state index contributed by atoms with van der Waals surface area (Å²) in [4.78, 5) is 17.2. The van der Waals surface area contributed by atoms with E-state index < -0.39 is 0 Å². The first-order valence-corrected chi connectivity index (χ1v) is 6.80. The first kappa shape index (κ1) is 11.9. The predicted octanol–water partition coefficient (Wildman–Crippen LogP) is 3.54. The van der Waals surface area contributed by atoms with Crippen molar-refractivity contribution in [3.8, 4) is 5.82 Å². The molecule has 0 fully saturated rings. The highest BCUT2D eigenvalue weighted by molar-refractivity contribution is 6.05. The van der Waals surface area contributed by atoms with E-state index in [9.17, 15) is 4.79 Å². The molecule has 4 aromatic rings. The van der Waals surface area contributed by atoms with Crippen LogP contribution in [0.25, 0.3) is 27.5 Å². The molecule has 0 saturated carbocycles. The van der Waals surface area contributed by atoms with Crippen molar-refractivity contribution in [1.29, 1.82) is 0 Å². The van der Waals surface area contributed by atoms with E-state index in [1.165, 1.54) is 0 Å². The van der Waals surface area contributed by atoms with Crippen molar-refractivity contribution in [2.24, 2.45) is 0 Å². The zero-order valence-corrected chi connectivity index (χ0v) is 11.2. The quantitative estimate of drug-likeness (QED) is 0.497. The van der Waals surface area contributed by atoms with Gasteiger partial charge in [0, 0.05) is 17.0 Å². The number of hydrogen-bond donors (Lipinski definition) is 0. The van der Waals surface area contributed by atoms with Crippen LogP contribution in [0.5, 0.6) is 0 Å². The highest BCUT2D eigenvalue weighted by Crippen LogP contribution is 2.23. The van der Waals surface area contributed by atoms with Crippen LogP contribution in [-0.4, -0.2) is 9.55 Å². The number of aromatic nitrogens is 2. The molecule has 0 atom stereocenters. The summed E-state index contributed by atoms with van der Waals surface area (Å²) >= 11 is 0. The molecule has 3 nitrogen and oxygen atoms in total. The smallest absolute Gasteiger partial charge is 0.264 e. The van der Waals surface area contributed by atoms with Gasteiger partial charge in [0.2, 0.25) is 0 Å². The first-order chi connectivity index (χ1) is 10.4. The van der Waals surface area contributed by atoms with E-state index in [1.54, 1.807) is 10.8 Å². The highest BCUT2D eigenvalue weighted by Gasteiger charge is 2.11. The Morgan fingerprint density at radius 3 is 2.14 bits per heavy atom. The summed E-state index contributed by atoms with van der Waals surface area (Å²) in [5.74, 6) is 0.643. The molecule has 3 heteroatoms. The van der Waals surface area contributed by atoms with Gasteiger partial charge in [0.25, 0.3) is 5.56 Å². The summed E-state index contributed by atoms with van der Waals surface area (Å²) in [6.07, 6.45) is 1.70. The van der Waals surface area contributed by atoms with E-state index in [2.05, 4.69) is 4.98 Å². The second-order valence-electron chi connectivity index (χ2n) is 4.89. The fourth-order valence-corrected chi connectivity index (χ4v) is 2.74. The summed E-state index contributed by atoms with van der Waals surface area (Å²) in [6, 6.07) is 21.2. The number of nitrogens with zero attached hydrogens (tertiary/aromatic N) is 2. The molecule has 21 heavy (non-hydrogen) atoms. The van der Waals surface area contributed by atoms with Crippen LogP contribution in [0.3, 0.4) is 0 Å². The number of benzene rings is 2. The number of hydrogen-bond acceptors (Lipinski definition) is 2. The molecule has 0 N–H and O–H groups in total. The Morgan fingerprint density at radius 2 is 1.38 bits per heavy atom. The van der Waals surface area contributed by atoms with E-state index in [-0.39, 0.29) is 5.56 Å². The van der Waals surface area contributed by atoms with Crippen LogP contribution in [0.2, 0.25) is 0 Å². The first-order valence-electron chi connectivity index (χ1n) is 6.80. The van der Waals surface area contributed by atoms with Crippen LogP contribution in [0.1, 0.15) is 0 Å². The third kappa shape index (κ3) is 1.75. The summed E-state index contributed by atoms with van der Waals surface area (Å²) in [7, 11) is 0. The van der Waals surface area contributed by atoms with Crippen LogP contribution in [-0.2, 0) is 0 Å². The molecule has 0 saturated heterocycles. The lowest BCUT2D eigenvalue weighted by molar-refractivity contribution is 0.997. The maximum atomic E-state index is 12.9. The molecule has 2 aromatic carbocycles. The van der Waals surface area contributed by atoms with Gasteiger partial charge in [-0.1, -0.05) is 42.5 Å². The van der Waals surface area contributed by atoms with Gasteiger partial charge in [-0.3, -0.25) is 9.36 Å². The van der Waals surface area contributed by atoms with Crippen molar-refractivity contribution in [3.63, 3.8) is 0 Å². The Kier molecular flexibility index (Phi) is 2.57. The van der Waals surface area contributed by atoms with Gasteiger partial charge >= 0.3 is 0 Å². The Balaban J connectivity index is 2.29. The molecule has 0 aliphatic carbocycles. The second kappa shape index (κ2) is 4.56. The second-order valence-corrected chi connectivity index (χ2v) is 4.89. The van der Waals surface area contributed by atoms with Gasteiger partial charge in [0.1, 0.15) is 5.82 Å². The minimum atomic E-state index is -0.0389. The average Bonchev–Trinajstić information content (AvgIpc) is 2.56. The normalized spacial score (nSPS) is 11.0. The van der Waals surface area contributed by atoms with Crippen molar-refractivity contribution in [3.05, 3.63) is 83.3 Å². The maximum absolute atomic E-state index is 12.9. The average molecular weight is 272 g/mol. The summed E-state index contributed by atoms with van der Waals surface area (Å²) in [5, 5.41) is 2.74. The summed E-state index contributed by atoms with van der Waals surface area (Å²) < 4.78 is 1.68. The topological polar surface area (TPSA) is 34.9 Å². The molecule has 0 bridgehead atoms. The number of rotatable bonds is 1. The lowest BCUT2D eigenvalue weighted by Crippen LogP contribution is -2.19. The van der Waals surface area contributed by atoms with Crippen molar-refractivity contribution < 1.29 is 0 Å². The van der Waals surface area contributed by atoms with Crippen molar-refractivity contribution in [2.45, 2.75) is 0 Å². The zero-order chi connectivity index (χ0) is 14.2. The van der Waals surface area contributed by atoms with Gasteiger partial charge < -0.3 is 0 Å². The monoisotopic (exact) mass is 272 g/mol. The van der Waals surface area contributed by atoms with Gasteiger partial charge in [-0.05, 0) is 29.7 Å². The van der Waals surface area contributed by atoms with E-state index >= 15 is 0 Å². The van der Waals surface area contributed by atoms with Gasteiger partial charge in [-0.25, -0.2) is 4.98 Å². The number of fused-ring (bicyclic) bond motifs is 3. The summed E-state index contributed by atoms with van der Waals surface area (Å²) in [6.45, 7) is 0. The molecule has 0 unspecified atom stereocenters.